The molecule has 1 fully saturated rings. The lowest BCUT2D eigenvalue weighted by molar-refractivity contribution is 0.0698. The first-order chi connectivity index (χ1) is 9.49. The molecule has 110 valence electrons. The number of carbonyl (C=O) groups is 1. The summed E-state index contributed by atoms with van der Waals surface area (Å²) in [7, 11) is 0. The van der Waals surface area contributed by atoms with Gasteiger partial charge in [0.1, 0.15) is 0 Å². The zero-order valence-electron chi connectivity index (χ0n) is 12.2. The van der Waals surface area contributed by atoms with Crippen LogP contribution in [0.15, 0.2) is 18.2 Å². The maximum absolute atomic E-state index is 11.3. The summed E-state index contributed by atoms with van der Waals surface area (Å²) in [5.74, 6) is 0.276. The fourth-order valence-corrected chi connectivity index (χ4v) is 3.20. The fourth-order valence-electron chi connectivity index (χ4n) is 3.20. The van der Waals surface area contributed by atoms with Gasteiger partial charge in [0.2, 0.25) is 0 Å². The Bertz CT molecular complexity index is 485. The van der Waals surface area contributed by atoms with Crippen LogP contribution in [0.3, 0.4) is 0 Å². The van der Waals surface area contributed by atoms with Crippen LogP contribution in [-0.4, -0.2) is 17.1 Å². The molecule has 0 spiro atoms. The number of rotatable bonds is 4. The van der Waals surface area contributed by atoms with Gasteiger partial charge in [0.15, 0.2) is 0 Å². The molecule has 0 amide bonds. The third kappa shape index (κ3) is 3.24. The molecular formula is C16H24N2O2. The summed E-state index contributed by atoms with van der Waals surface area (Å²) in [4.78, 5) is 11.3. The molecule has 1 aromatic carbocycles. The van der Waals surface area contributed by atoms with Crippen molar-refractivity contribution in [1.29, 1.82) is 0 Å². The van der Waals surface area contributed by atoms with E-state index in [0.29, 0.717) is 34.8 Å². The maximum Gasteiger partial charge on any atom is 0.337 e. The molecule has 1 saturated carbocycles. The summed E-state index contributed by atoms with van der Waals surface area (Å²) in [6.07, 6.45) is 4.77. The summed E-state index contributed by atoms with van der Waals surface area (Å²) in [6, 6.07) is 5.28. The predicted octanol–water partition coefficient (Wildman–Crippen LogP) is 3.59. The van der Waals surface area contributed by atoms with Gasteiger partial charge in [0.05, 0.1) is 11.3 Å². The minimum Gasteiger partial charge on any atom is -0.478 e. The molecule has 2 rings (SSSR count). The number of nitrogens with two attached hydrogens (primary N) is 1. The number of anilines is 2. The topological polar surface area (TPSA) is 75.3 Å². The number of nitrogens with one attached hydrogen (secondary N) is 1. The van der Waals surface area contributed by atoms with Gasteiger partial charge in [-0.2, -0.15) is 0 Å². The van der Waals surface area contributed by atoms with Crippen molar-refractivity contribution in [2.45, 2.75) is 45.6 Å². The van der Waals surface area contributed by atoms with Crippen molar-refractivity contribution in [2.24, 2.45) is 11.8 Å². The number of benzene rings is 1. The maximum atomic E-state index is 11.3. The van der Waals surface area contributed by atoms with Gasteiger partial charge >= 0.3 is 5.97 Å². The molecule has 0 bridgehead atoms. The number of hydrogen-bond donors (Lipinski definition) is 3. The number of nitrogen functional groups attached to an aromatic ring is 1. The molecular weight excluding hydrogens is 252 g/mol. The summed E-state index contributed by atoms with van der Waals surface area (Å²) in [5.41, 5.74) is 7.33. The SMILES string of the molecule is CC(C)C1CCCCC1Nc1cc(N)ccc1C(=O)O. The highest BCUT2D eigenvalue weighted by molar-refractivity contribution is 5.95. The van der Waals surface area contributed by atoms with Crippen molar-refractivity contribution < 1.29 is 9.90 Å². The van der Waals surface area contributed by atoms with Crippen LogP contribution in [0.25, 0.3) is 0 Å². The van der Waals surface area contributed by atoms with Crippen LogP contribution in [-0.2, 0) is 0 Å². The molecule has 0 aliphatic heterocycles. The van der Waals surface area contributed by atoms with Gasteiger partial charge in [-0.05, 0) is 42.9 Å². The van der Waals surface area contributed by atoms with Gasteiger partial charge in [-0.15, -0.1) is 0 Å². The Hall–Kier alpha value is -1.71. The minimum atomic E-state index is -0.913. The standard InChI is InChI=1S/C16H24N2O2/c1-10(2)12-5-3-4-6-14(12)18-15-9-11(17)7-8-13(15)16(19)20/h7-10,12,14,18H,3-6,17H2,1-2H3,(H,19,20). The first kappa shape index (κ1) is 14.7. The van der Waals surface area contributed by atoms with Crippen molar-refractivity contribution in [3.63, 3.8) is 0 Å². The highest BCUT2D eigenvalue weighted by Crippen LogP contribution is 2.33. The first-order valence-corrected chi connectivity index (χ1v) is 7.38. The average Bonchev–Trinajstić information content (AvgIpc) is 2.38. The van der Waals surface area contributed by atoms with Crippen LogP contribution in [0.5, 0.6) is 0 Å². The molecule has 2 unspecified atom stereocenters. The molecule has 0 radical (unpaired) electrons. The number of carboxylic acid groups (broad SMARTS) is 1. The lowest BCUT2D eigenvalue weighted by Crippen LogP contribution is -2.35. The van der Waals surface area contributed by atoms with E-state index in [0.717, 1.165) is 6.42 Å². The van der Waals surface area contributed by atoms with E-state index in [-0.39, 0.29) is 0 Å². The molecule has 4 nitrogen and oxygen atoms in total. The van der Waals surface area contributed by atoms with E-state index in [9.17, 15) is 9.90 Å². The Labute approximate surface area is 120 Å². The monoisotopic (exact) mass is 276 g/mol. The lowest BCUT2D eigenvalue weighted by Gasteiger charge is -2.35. The number of hydrogen-bond acceptors (Lipinski definition) is 3. The van der Waals surface area contributed by atoms with E-state index in [1.807, 2.05) is 0 Å². The summed E-state index contributed by atoms with van der Waals surface area (Å²) >= 11 is 0. The highest BCUT2D eigenvalue weighted by Gasteiger charge is 2.28. The summed E-state index contributed by atoms with van der Waals surface area (Å²) in [5, 5.41) is 12.7. The molecule has 20 heavy (non-hydrogen) atoms. The quantitative estimate of drug-likeness (QED) is 0.734. The first-order valence-electron chi connectivity index (χ1n) is 7.38. The highest BCUT2D eigenvalue weighted by atomic mass is 16.4. The van der Waals surface area contributed by atoms with Crippen LogP contribution < -0.4 is 11.1 Å². The zero-order chi connectivity index (χ0) is 14.7. The summed E-state index contributed by atoms with van der Waals surface area (Å²) in [6.45, 7) is 4.48. The second-order valence-corrected chi connectivity index (χ2v) is 6.05. The second-order valence-electron chi connectivity index (χ2n) is 6.05. The third-order valence-corrected chi connectivity index (χ3v) is 4.29. The van der Waals surface area contributed by atoms with E-state index in [2.05, 4.69) is 19.2 Å². The van der Waals surface area contributed by atoms with Gasteiger partial charge in [0.25, 0.3) is 0 Å². The Morgan fingerprint density at radius 1 is 1.35 bits per heavy atom. The lowest BCUT2D eigenvalue weighted by atomic mass is 9.77. The van der Waals surface area contributed by atoms with E-state index in [4.69, 9.17) is 5.73 Å². The van der Waals surface area contributed by atoms with Crippen molar-refractivity contribution in [1.82, 2.24) is 0 Å². The summed E-state index contributed by atoms with van der Waals surface area (Å²) < 4.78 is 0. The molecule has 0 aromatic heterocycles. The zero-order valence-corrected chi connectivity index (χ0v) is 12.2. The molecule has 4 heteroatoms. The molecule has 1 aromatic rings. The van der Waals surface area contributed by atoms with Gasteiger partial charge in [-0.1, -0.05) is 26.7 Å². The van der Waals surface area contributed by atoms with Crippen molar-refractivity contribution in [3.8, 4) is 0 Å². The molecule has 2 atom stereocenters. The van der Waals surface area contributed by atoms with Crippen LogP contribution in [0, 0.1) is 11.8 Å². The van der Waals surface area contributed by atoms with Crippen LogP contribution in [0.2, 0.25) is 0 Å². The molecule has 0 heterocycles. The molecule has 0 saturated heterocycles. The molecule has 1 aliphatic carbocycles. The van der Waals surface area contributed by atoms with Crippen molar-refractivity contribution in [3.05, 3.63) is 23.8 Å². The van der Waals surface area contributed by atoms with E-state index in [1.165, 1.54) is 19.3 Å². The van der Waals surface area contributed by atoms with Gasteiger partial charge in [-0.3, -0.25) is 0 Å². The fraction of sp³-hybridized carbons (Fsp3) is 0.562. The smallest absolute Gasteiger partial charge is 0.337 e. The van der Waals surface area contributed by atoms with Gasteiger partial charge in [0, 0.05) is 11.7 Å². The predicted molar refractivity (Wildman–Crippen MR) is 82.0 cm³/mol. The largest absolute Gasteiger partial charge is 0.478 e. The van der Waals surface area contributed by atoms with E-state index in [1.54, 1.807) is 18.2 Å². The van der Waals surface area contributed by atoms with E-state index >= 15 is 0 Å². The average molecular weight is 276 g/mol. The second kappa shape index (κ2) is 6.16. The Kier molecular flexibility index (Phi) is 4.53. The normalized spacial score (nSPS) is 22.8. The Balaban J connectivity index is 2.23. The van der Waals surface area contributed by atoms with E-state index < -0.39 is 5.97 Å². The molecule has 1 aliphatic rings. The van der Waals surface area contributed by atoms with Crippen LogP contribution in [0.1, 0.15) is 49.9 Å². The molecule has 4 N–H and O–H groups in total. The third-order valence-electron chi connectivity index (χ3n) is 4.29. The van der Waals surface area contributed by atoms with Crippen molar-refractivity contribution >= 4 is 17.3 Å². The number of aromatic carboxylic acids is 1. The Morgan fingerprint density at radius 2 is 2.05 bits per heavy atom. The Morgan fingerprint density at radius 3 is 2.70 bits per heavy atom. The number of carboxylic acids is 1. The van der Waals surface area contributed by atoms with Crippen LogP contribution >= 0.6 is 0 Å². The van der Waals surface area contributed by atoms with Gasteiger partial charge < -0.3 is 16.2 Å². The minimum absolute atomic E-state index is 0.298. The van der Waals surface area contributed by atoms with Gasteiger partial charge in [-0.25, -0.2) is 4.79 Å². The van der Waals surface area contributed by atoms with Crippen molar-refractivity contribution in [2.75, 3.05) is 11.1 Å². The van der Waals surface area contributed by atoms with Crippen LogP contribution in [0.4, 0.5) is 11.4 Å².